The van der Waals surface area contributed by atoms with Gasteiger partial charge in [-0.1, -0.05) is 0 Å². The van der Waals surface area contributed by atoms with Gasteiger partial charge in [-0.15, -0.1) is 22.7 Å². The molecule has 4 saturated heterocycles. The number of carbonyl (C=O) groups excluding carboxylic acids is 1. The van der Waals surface area contributed by atoms with Crippen molar-refractivity contribution >= 4 is 39.9 Å². The zero-order valence-corrected chi connectivity index (χ0v) is 39.8. The van der Waals surface area contributed by atoms with Crippen molar-refractivity contribution in [1.29, 1.82) is 0 Å². The lowest BCUT2D eigenvalue weighted by Gasteiger charge is -2.41. The summed E-state index contributed by atoms with van der Waals surface area (Å²) in [5.74, 6) is -0.0771. The van der Waals surface area contributed by atoms with Gasteiger partial charge in [0.15, 0.2) is 17.2 Å². The highest BCUT2D eigenvalue weighted by Gasteiger charge is 2.42. The van der Waals surface area contributed by atoms with Crippen LogP contribution in [0.2, 0.25) is 0 Å². The number of piperidine rings is 4. The highest BCUT2D eigenvalue weighted by Crippen LogP contribution is 2.36. The molecule has 13 nitrogen and oxygen atoms in total. The Kier molecular flexibility index (Phi) is 15.0. The first-order chi connectivity index (χ1) is 31.5. The molecule has 21 heteroatoms. The summed E-state index contributed by atoms with van der Waals surface area (Å²) in [7, 11) is 0. The van der Waals surface area contributed by atoms with Gasteiger partial charge in [0, 0.05) is 60.2 Å². The summed E-state index contributed by atoms with van der Waals surface area (Å²) in [5.41, 5.74) is 1.81. The van der Waals surface area contributed by atoms with E-state index < -0.39 is 35.8 Å². The van der Waals surface area contributed by atoms with E-state index in [1.54, 1.807) is 22.7 Å². The van der Waals surface area contributed by atoms with Gasteiger partial charge in [0.1, 0.15) is 0 Å². The number of Topliss-reactive ketones (excluding diaryl/α,β-unsaturated/α-hetero) is 1. The molecule has 0 bridgehead atoms. The third kappa shape index (κ3) is 11.5. The molecule has 360 valence electrons. The lowest BCUT2D eigenvalue weighted by molar-refractivity contribution is -0.142. The van der Waals surface area contributed by atoms with E-state index in [1.807, 2.05) is 34.4 Å². The van der Waals surface area contributed by atoms with Crippen LogP contribution in [0.25, 0.3) is 0 Å². The van der Waals surface area contributed by atoms with Crippen LogP contribution in [-0.2, 0) is 30.2 Å². The lowest BCUT2D eigenvalue weighted by Crippen LogP contribution is -2.57. The van der Waals surface area contributed by atoms with Crippen molar-refractivity contribution < 1.29 is 31.1 Å². The fourth-order valence-corrected chi connectivity index (χ4v) is 11.7. The number of alkyl halides is 6. The summed E-state index contributed by atoms with van der Waals surface area (Å²) in [6, 6.07) is 0.0916. The topological polar surface area (TPSA) is 116 Å². The van der Waals surface area contributed by atoms with E-state index in [0.29, 0.717) is 51.9 Å². The number of halogens is 6. The normalized spacial score (nSPS) is 20.6. The molecule has 8 heterocycles. The molecule has 2 unspecified atom stereocenters. The van der Waals surface area contributed by atoms with Gasteiger partial charge in [0.05, 0.1) is 58.0 Å². The second-order valence-electron chi connectivity index (χ2n) is 18.3. The summed E-state index contributed by atoms with van der Waals surface area (Å²) in [6.45, 7) is 12.3. The third-order valence-corrected chi connectivity index (χ3v) is 15.6. The van der Waals surface area contributed by atoms with Crippen molar-refractivity contribution in [2.75, 3.05) is 52.4 Å². The molecule has 0 aliphatic carbocycles. The standard InChI is InChI=1S/C45H60F6N12OS2/c1-29-23-39(44(46,47)48)56-62(29)25-37(58-19-11-33(12-20-58)42-52-35(27-65-42)31(3)54-60-15-7-5-8-16-60)41(64)38(26-63-30(2)24-40(57-63)45(49,50)51)59-21-13-34(14-22-59)43-53-36(28-66-43)32(4)55-61-17-9-6-10-18-61/h23-24,27-28,33-34,37-38H,5-22,25-26H2,1-4H3. The van der Waals surface area contributed by atoms with Crippen LogP contribution < -0.4 is 0 Å². The summed E-state index contributed by atoms with van der Waals surface area (Å²) in [5, 5.41) is 27.7. The van der Waals surface area contributed by atoms with E-state index in [2.05, 4.69) is 20.2 Å². The van der Waals surface area contributed by atoms with E-state index in [1.165, 1.54) is 36.1 Å². The second-order valence-corrected chi connectivity index (χ2v) is 20.1. The number of hydrazone groups is 2. The summed E-state index contributed by atoms with van der Waals surface area (Å²) in [6.07, 6.45) is 0.169. The second kappa shape index (κ2) is 20.6. The minimum atomic E-state index is -4.69. The Morgan fingerprint density at radius 2 is 0.985 bits per heavy atom. The Balaban J connectivity index is 1.03. The van der Waals surface area contributed by atoms with Gasteiger partial charge in [0.2, 0.25) is 0 Å². The van der Waals surface area contributed by atoms with E-state index in [0.717, 1.165) is 96.8 Å². The Morgan fingerprint density at radius 3 is 1.32 bits per heavy atom. The Morgan fingerprint density at radius 1 is 0.621 bits per heavy atom. The van der Waals surface area contributed by atoms with Crippen LogP contribution in [0.1, 0.15) is 134 Å². The molecule has 4 fully saturated rings. The molecule has 4 aliphatic rings. The van der Waals surface area contributed by atoms with E-state index >= 15 is 4.79 Å². The number of rotatable bonds is 14. The molecular weight excluding hydrogens is 903 g/mol. The number of hydrogen-bond acceptors (Lipinski definition) is 13. The minimum Gasteiger partial charge on any atom is -0.297 e. The average molecular weight is 963 g/mol. The molecule has 0 saturated carbocycles. The molecule has 66 heavy (non-hydrogen) atoms. The van der Waals surface area contributed by atoms with Gasteiger partial charge < -0.3 is 0 Å². The largest absolute Gasteiger partial charge is 0.435 e. The highest BCUT2D eigenvalue weighted by molar-refractivity contribution is 7.10. The molecular formula is C45H60F6N12OS2. The zero-order chi connectivity index (χ0) is 46.8. The lowest BCUT2D eigenvalue weighted by atomic mass is 9.91. The quantitative estimate of drug-likeness (QED) is 0.0904. The number of carbonyl (C=O) groups is 1. The fourth-order valence-electron chi connectivity index (χ4n) is 9.67. The summed E-state index contributed by atoms with van der Waals surface area (Å²) >= 11 is 3.17. The molecule has 0 radical (unpaired) electrons. The first kappa shape index (κ1) is 48.3. The maximum absolute atomic E-state index is 15.4. The van der Waals surface area contributed by atoms with E-state index in [4.69, 9.17) is 20.2 Å². The summed E-state index contributed by atoms with van der Waals surface area (Å²) in [4.78, 5) is 29.4. The molecule has 0 amide bonds. The van der Waals surface area contributed by atoms with Crippen LogP contribution in [0.15, 0.2) is 33.1 Å². The first-order valence-corrected chi connectivity index (χ1v) is 25.0. The molecule has 0 aromatic carbocycles. The van der Waals surface area contributed by atoms with Gasteiger partial charge >= 0.3 is 12.4 Å². The van der Waals surface area contributed by atoms with E-state index in [-0.39, 0.29) is 42.1 Å². The number of nitrogens with zero attached hydrogens (tertiary/aromatic N) is 12. The van der Waals surface area contributed by atoms with Crippen LogP contribution in [0.4, 0.5) is 26.3 Å². The molecule has 8 rings (SSSR count). The highest BCUT2D eigenvalue weighted by atomic mass is 32.1. The third-order valence-electron chi connectivity index (χ3n) is 13.6. The number of thiazole rings is 2. The van der Waals surface area contributed by atoms with Gasteiger partial charge in [-0.25, -0.2) is 9.97 Å². The maximum atomic E-state index is 15.4. The number of aryl methyl sites for hydroxylation is 2. The smallest absolute Gasteiger partial charge is 0.297 e. The number of hydrogen-bond donors (Lipinski definition) is 0. The van der Waals surface area contributed by atoms with Crippen molar-refractivity contribution in [1.82, 2.24) is 49.3 Å². The molecule has 4 aromatic heterocycles. The van der Waals surface area contributed by atoms with Crippen LogP contribution >= 0.6 is 22.7 Å². The van der Waals surface area contributed by atoms with Gasteiger partial charge in [-0.05, 0) is 130 Å². The Labute approximate surface area is 389 Å². The molecule has 0 spiro atoms. The predicted octanol–water partition coefficient (Wildman–Crippen LogP) is 8.83. The maximum Gasteiger partial charge on any atom is 0.435 e. The fraction of sp³-hybridized carbons (Fsp3) is 0.667. The molecule has 4 aromatic rings. The zero-order valence-electron chi connectivity index (χ0n) is 38.1. The van der Waals surface area contributed by atoms with Crippen LogP contribution in [0.5, 0.6) is 0 Å². The summed E-state index contributed by atoms with van der Waals surface area (Å²) < 4.78 is 86.2. The first-order valence-electron chi connectivity index (χ1n) is 23.3. The molecule has 0 N–H and O–H groups in total. The number of aromatic nitrogens is 6. The minimum absolute atomic E-state index is 0.107. The SMILES string of the molecule is CC(=NN1CCCCC1)c1csc(C2CCN(C(Cn3nc(C(F)(F)F)cc3C)C(=O)C(Cn3nc(C(F)(F)F)cc3C)N3CCC(c4nc(C(C)=NN5CCCCC5)cs4)CC3)CC2)n1. The van der Waals surface area contributed by atoms with Crippen LogP contribution in [-0.4, -0.2) is 131 Å². The number of likely N-dealkylation sites (tertiary alicyclic amines) is 2. The van der Waals surface area contributed by atoms with Crippen molar-refractivity contribution in [2.45, 2.75) is 141 Å². The van der Waals surface area contributed by atoms with Crippen molar-refractivity contribution in [3.8, 4) is 0 Å². The Hall–Kier alpha value is -4.21. The predicted molar refractivity (Wildman–Crippen MR) is 243 cm³/mol. The van der Waals surface area contributed by atoms with Crippen molar-refractivity contribution in [2.24, 2.45) is 10.2 Å². The average Bonchev–Trinajstić information content (AvgIpc) is 4.13. The molecule has 4 aliphatic heterocycles. The van der Waals surface area contributed by atoms with Crippen LogP contribution in [0.3, 0.4) is 0 Å². The van der Waals surface area contributed by atoms with Crippen LogP contribution in [0, 0.1) is 13.8 Å². The van der Waals surface area contributed by atoms with Gasteiger partial charge in [-0.2, -0.15) is 46.7 Å². The molecule has 2 atom stereocenters. The van der Waals surface area contributed by atoms with E-state index in [9.17, 15) is 26.3 Å². The number of ketones is 1. The Bertz CT molecular complexity index is 2160. The monoisotopic (exact) mass is 962 g/mol. The van der Waals surface area contributed by atoms with Gasteiger partial charge in [-0.3, -0.25) is 34.0 Å². The van der Waals surface area contributed by atoms with Gasteiger partial charge in [0.25, 0.3) is 0 Å². The van der Waals surface area contributed by atoms with Crippen molar-refractivity contribution in [3.63, 3.8) is 0 Å². The van der Waals surface area contributed by atoms with Crippen molar-refractivity contribution in [3.05, 3.63) is 67.1 Å².